The molecule has 0 saturated carbocycles. The molecule has 0 bridgehead atoms. The molecule has 3 aromatic carbocycles. The van der Waals surface area contributed by atoms with Gasteiger partial charge in [-0.25, -0.2) is 17.2 Å². The lowest BCUT2D eigenvalue weighted by molar-refractivity contribution is 0.0939. The molecule has 0 aromatic heterocycles. The highest BCUT2D eigenvalue weighted by Crippen LogP contribution is 2.27. The van der Waals surface area contributed by atoms with Crippen molar-refractivity contribution in [3.8, 4) is 5.75 Å². The summed E-state index contributed by atoms with van der Waals surface area (Å²) in [6.07, 6.45) is 1.05. The fourth-order valence-electron chi connectivity index (χ4n) is 3.42. The number of ether oxygens (including phenoxy) is 1. The smallest absolute Gasteiger partial charge is 0.251 e. The van der Waals surface area contributed by atoms with Gasteiger partial charge in [-0.1, -0.05) is 12.1 Å². The molecule has 180 valence electrons. The first kappa shape index (κ1) is 25.2. The normalized spacial score (nSPS) is 12.1. The van der Waals surface area contributed by atoms with Crippen molar-refractivity contribution in [1.82, 2.24) is 5.32 Å². The van der Waals surface area contributed by atoms with Gasteiger partial charge in [0, 0.05) is 11.1 Å². The number of rotatable bonds is 9. The van der Waals surface area contributed by atoms with Gasteiger partial charge in [-0.3, -0.25) is 9.10 Å². The van der Waals surface area contributed by atoms with Gasteiger partial charge in [-0.2, -0.15) is 0 Å². The van der Waals surface area contributed by atoms with E-state index in [-0.39, 0.29) is 30.0 Å². The molecule has 9 heteroatoms. The molecule has 6 nitrogen and oxygen atoms in total. The van der Waals surface area contributed by atoms with Crippen LogP contribution in [0.5, 0.6) is 5.75 Å². The molecular weight excluding hydrogens is 462 g/mol. The molecule has 3 aromatic rings. The minimum absolute atomic E-state index is 0.117. The maximum Gasteiger partial charge on any atom is 0.251 e. The third-order valence-electron chi connectivity index (χ3n) is 5.17. The summed E-state index contributed by atoms with van der Waals surface area (Å²) in [6.45, 7) is 3.80. The third kappa shape index (κ3) is 6.32. The summed E-state index contributed by atoms with van der Waals surface area (Å²) in [7, 11) is -3.73. The highest BCUT2D eigenvalue weighted by atomic mass is 32.2. The Morgan fingerprint density at radius 2 is 1.59 bits per heavy atom. The Bertz CT molecular complexity index is 1250. The van der Waals surface area contributed by atoms with Crippen LogP contribution in [0.25, 0.3) is 0 Å². The van der Waals surface area contributed by atoms with Crippen molar-refractivity contribution in [2.24, 2.45) is 0 Å². The summed E-state index contributed by atoms with van der Waals surface area (Å²) >= 11 is 0. The monoisotopic (exact) mass is 488 g/mol. The Morgan fingerprint density at radius 3 is 2.15 bits per heavy atom. The molecule has 0 aliphatic rings. The van der Waals surface area contributed by atoms with E-state index < -0.39 is 15.8 Å². The fraction of sp³-hybridized carbons (Fsp3) is 0.240. The van der Waals surface area contributed by atoms with Gasteiger partial charge in [-0.05, 0) is 74.0 Å². The topological polar surface area (TPSA) is 75.7 Å². The summed E-state index contributed by atoms with van der Waals surface area (Å²) in [4.78, 5) is 12.9. The van der Waals surface area contributed by atoms with E-state index in [4.69, 9.17) is 4.74 Å². The molecule has 0 fully saturated rings. The second-order valence-corrected chi connectivity index (χ2v) is 9.66. The van der Waals surface area contributed by atoms with Gasteiger partial charge < -0.3 is 10.1 Å². The Kier molecular flexibility index (Phi) is 7.88. The van der Waals surface area contributed by atoms with E-state index in [1.54, 1.807) is 44.2 Å². The molecule has 3 rings (SSSR count). The number of hydrogen-bond acceptors (Lipinski definition) is 4. The first-order chi connectivity index (χ1) is 16.1. The average molecular weight is 489 g/mol. The summed E-state index contributed by atoms with van der Waals surface area (Å²) in [5.41, 5.74) is 1.80. The zero-order valence-corrected chi connectivity index (χ0v) is 19.9. The number of nitrogens with one attached hydrogen (secondary N) is 1. The first-order valence-corrected chi connectivity index (χ1v) is 12.5. The minimum Gasteiger partial charge on any atom is -0.494 e. The SMILES string of the molecule is CCOc1ccc(C(=O)N[C@H](C)c2ccc(F)cc2)cc1CN(c1ccc(F)cc1)S(C)(=O)=O. The number of carbonyl (C=O) groups excluding carboxylic acids is 1. The fourth-order valence-corrected chi connectivity index (χ4v) is 4.30. The number of benzene rings is 3. The summed E-state index contributed by atoms with van der Waals surface area (Å²) < 4.78 is 58.4. The highest BCUT2D eigenvalue weighted by Gasteiger charge is 2.21. The van der Waals surface area contributed by atoms with Crippen LogP contribution in [0.15, 0.2) is 66.7 Å². The number of nitrogens with zero attached hydrogens (tertiary/aromatic N) is 1. The number of hydrogen-bond donors (Lipinski definition) is 1. The minimum atomic E-state index is -3.73. The molecule has 0 unspecified atom stereocenters. The Labute approximate surface area is 198 Å². The summed E-state index contributed by atoms with van der Waals surface area (Å²) in [6, 6.07) is 15.3. The van der Waals surface area contributed by atoms with Crippen LogP contribution in [0.2, 0.25) is 0 Å². The van der Waals surface area contributed by atoms with E-state index in [1.165, 1.54) is 36.4 Å². The van der Waals surface area contributed by atoms with E-state index in [0.29, 0.717) is 23.5 Å². The van der Waals surface area contributed by atoms with Crippen LogP contribution in [0.4, 0.5) is 14.5 Å². The van der Waals surface area contributed by atoms with Crippen molar-refractivity contribution < 1.29 is 26.7 Å². The standard InChI is InChI=1S/C25H26F2N2O4S/c1-4-33-24-14-7-19(25(30)28-17(2)18-5-8-21(26)9-6-18)15-20(24)16-29(34(3,31)32)23-12-10-22(27)11-13-23/h5-15,17H,4,16H2,1-3H3,(H,28,30)/t17-/m1/s1. The predicted octanol–water partition coefficient (Wildman–Crippen LogP) is 4.82. The largest absolute Gasteiger partial charge is 0.494 e. The molecule has 0 saturated heterocycles. The van der Waals surface area contributed by atoms with Crippen LogP contribution >= 0.6 is 0 Å². The van der Waals surface area contributed by atoms with E-state index >= 15 is 0 Å². The maximum atomic E-state index is 13.4. The molecule has 1 amide bonds. The zero-order valence-electron chi connectivity index (χ0n) is 19.1. The van der Waals surface area contributed by atoms with Gasteiger partial charge in [0.15, 0.2) is 0 Å². The van der Waals surface area contributed by atoms with E-state index in [0.717, 1.165) is 16.1 Å². The van der Waals surface area contributed by atoms with Gasteiger partial charge in [0.05, 0.1) is 31.1 Å². The van der Waals surface area contributed by atoms with Crippen LogP contribution in [-0.4, -0.2) is 27.2 Å². The molecule has 34 heavy (non-hydrogen) atoms. The number of carbonyl (C=O) groups is 1. The van der Waals surface area contributed by atoms with Crippen molar-refractivity contribution in [2.45, 2.75) is 26.4 Å². The molecule has 1 atom stereocenters. The van der Waals surface area contributed by atoms with E-state index in [1.807, 2.05) is 0 Å². The maximum absolute atomic E-state index is 13.4. The van der Waals surface area contributed by atoms with Crippen LogP contribution < -0.4 is 14.4 Å². The molecule has 1 N–H and O–H groups in total. The second-order valence-electron chi connectivity index (χ2n) is 7.75. The van der Waals surface area contributed by atoms with E-state index in [9.17, 15) is 22.0 Å². The Balaban J connectivity index is 1.90. The lowest BCUT2D eigenvalue weighted by Gasteiger charge is -2.24. The van der Waals surface area contributed by atoms with Crippen LogP contribution in [0, 0.1) is 11.6 Å². The number of halogens is 2. The van der Waals surface area contributed by atoms with Crippen molar-refractivity contribution in [1.29, 1.82) is 0 Å². The van der Waals surface area contributed by atoms with Crippen molar-refractivity contribution in [3.63, 3.8) is 0 Å². The predicted molar refractivity (Wildman–Crippen MR) is 127 cm³/mol. The first-order valence-electron chi connectivity index (χ1n) is 10.6. The van der Waals surface area contributed by atoms with Crippen molar-refractivity contribution in [3.05, 3.63) is 95.1 Å². The van der Waals surface area contributed by atoms with Crippen LogP contribution in [0.3, 0.4) is 0 Å². The number of amides is 1. The number of sulfonamides is 1. The number of anilines is 1. The highest BCUT2D eigenvalue weighted by molar-refractivity contribution is 7.92. The van der Waals surface area contributed by atoms with Crippen LogP contribution in [-0.2, 0) is 16.6 Å². The summed E-state index contributed by atoms with van der Waals surface area (Å²) in [5, 5.41) is 2.86. The van der Waals surface area contributed by atoms with Gasteiger partial charge in [0.2, 0.25) is 10.0 Å². The molecule has 0 aliphatic carbocycles. The lowest BCUT2D eigenvalue weighted by Crippen LogP contribution is -2.30. The molecule has 0 radical (unpaired) electrons. The van der Waals surface area contributed by atoms with Gasteiger partial charge in [-0.15, -0.1) is 0 Å². The molecule has 0 spiro atoms. The van der Waals surface area contributed by atoms with Gasteiger partial charge in [0.1, 0.15) is 17.4 Å². The van der Waals surface area contributed by atoms with Gasteiger partial charge >= 0.3 is 0 Å². The Hall–Kier alpha value is -3.46. The van der Waals surface area contributed by atoms with Crippen molar-refractivity contribution >= 4 is 21.6 Å². The molecule has 0 aliphatic heterocycles. The molecule has 0 heterocycles. The van der Waals surface area contributed by atoms with Crippen molar-refractivity contribution in [2.75, 3.05) is 17.2 Å². The van der Waals surface area contributed by atoms with Gasteiger partial charge in [0.25, 0.3) is 5.91 Å². The third-order valence-corrected chi connectivity index (χ3v) is 6.31. The molecular formula is C25H26F2N2O4S. The lowest BCUT2D eigenvalue weighted by atomic mass is 10.1. The Morgan fingerprint density at radius 1 is 1.00 bits per heavy atom. The second kappa shape index (κ2) is 10.6. The quantitative estimate of drug-likeness (QED) is 0.469. The summed E-state index contributed by atoms with van der Waals surface area (Å²) in [5.74, 6) is -0.800. The zero-order chi connectivity index (χ0) is 24.9. The van der Waals surface area contributed by atoms with Crippen LogP contribution in [0.1, 0.15) is 41.4 Å². The van der Waals surface area contributed by atoms with E-state index in [2.05, 4.69) is 5.32 Å². The average Bonchev–Trinajstić information content (AvgIpc) is 2.79.